The number of carbonyl (C=O) groups excluding carboxylic acids is 2. The van der Waals surface area contributed by atoms with Gasteiger partial charge < -0.3 is 20.3 Å². The van der Waals surface area contributed by atoms with Gasteiger partial charge in [-0.3, -0.25) is 9.59 Å². The Hall–Kier alpha value is -2.44. The predicted octanol–water partition coefficient (Wildman–Crippen LogP) is 15.2. The summed E-state index contributed by atoms with van der Waals surface area (Å²) in [6, 6.07) is -0.715. The number of esters is 1. The fraction of sp³-hybridized carbons (Fsp3) is 0.778. The smallest absolute Gasteiger partial charge is 0.306 e. The van der Waals surface area contributed by atoms with Crippen LogP contribution in [0.3, 0.4) is 0 Å². The Bertz CT molecular complexity index is 1080. The number of nitrogens with one attached hydrogen (secondary N) is 1. The first-order chi connectivity index (χ1) is 29.5. The van der Waals surface area contributed by atoms with Crippen molar-refractivity contribution >= 4 is 11.9 Å². The lowest BCUT2D eigenvalue weighted by atomic mass is 10.0. The van der Waals surface area contributed by atoms with E-state index in [0.29, 0.717) is 19.3 Å². The molecule has 6 heteroatoms. The number of unbranched alkanes of at least 4 members (excludes halogenated alkanes) is 24. The standard InChI is InChI=1S/C54H97NO5/c1-4-7-10-13-16-19-22-24-26-27-29-32-35-38-41-44-47-54(59)60-50(45-42-39-36-33-31-28-25-23-20-17-14-11-8-5-2)48-53(58)55-51(49-56)52(57)46-43-40-37-34-30-21-18-15-12-9-6-3/h8,11,17,20,25-29,32,50-52,56-57H,4-7,9-10,12-16,18-19,21-24,30-31,33-49H2,1-3H3,(H,55,58)/b11-8+,20-17+,27-26+,28-25+,32-29+. The van der Waals surface area contributed by atoms with Crippen LogP contribution in [0.15, 0.2) is 60.8 Å². The van der Waals surface area contributed by atoms with Crippen molar-refractivity contribution in [3.63, 3.8) is 0 Å². The number of ether oxygens (including phenoxy) is 1. The summed E-state index contributed by atoms with van der Waals surface area (Å²) in [5, 5.41) is 23.7. The van der Waals surface area contributed by atoms with E-state index in [-0.39, 0.29) is 24.9 Å². The van der Waals surface area contributed by atoms with Gasteiger partial charge in [-0.1, -0.05) is 210 Å². The number of carbonyl (C=O) groups is 2. The molecule has 1 amide bonds. The molecule has 3 N–H and O–H groups in total. The van der Waals surface area contributed by atoms with Crippen molar-refractivity contribution in [2.24, 2.45) is 0 Å². The maximum atomic E-state index is 13.2. The van der Waals surface area contributed by atoms with Crippen LogP contribution in [-0.2, 0) is 14.3 Å². The van der Waals surface area contributed by atoms with Gasteiger partial charge in [0.05, 0.1) is 25.2 Å². The lowest BCUT2D eigenvalue weighted by Crippen LogP contribution is -2.46. The molecule has 0 aromatic rings. The van der Waals surface area contributed by atoms with Gasteiger partial charge in [0.15, 0.2) is 0 Å². The summed E-state index contributed by atoms with van der Waals surface area (Å²) in [6.45, 7) is 6.35. The minimum atomic E-state index is -0.799. The highest BCUT2D eigenvalue weighted by Gasteiger charge is 2.24. The molecule has 3 atom stereocenters. The first-order valence-corrected chi connectivity index (χ1v) is 25.5. The van der Waals surface area contributed by atoms with E-state index >= 15 is 0 Å². The van der Waals surface area contributed by atoms with E-state index < -0.39 is 18.2 Å². The van der Waals surface area contributed by atoms with Crippen molar-refractivity contribution < 1.29 is 24.5 Å². The van der Waals surface area contributed by atoms with E-state index in [1.807, 2.05) is 0 Å². The summed E-state index contributed by atoms with van der Waals surface area (Å²) in [5.41, 5.74) is 0. The number of amides is 1. The van der Waals surface area contributed by atoms with Crippen LogP contribution in [0.1, 0.15) is 245 Å². The monoisotopic (exact) mass is 840 g/mol. The van der Waals surface area contributed by atoms with Gasteiger partial charge in [-0.15, -0.1) is 0 Å². The summed E-state index contributed by atoms with van der Waals surface area (Å²) in [6.07, 6.45) is 58.5. The molecule has 6 nitrogen and oxygen atoms in total. The highest BCUT2D eigenvalue weighted by atomic mass is 16.5. The zero-order chi connectivity index (χ0) is 43.8. The molecule has 0 spiro atoms. The van der Waals surface area contributed by atoms with E-state index in [0.717, 1.165) is 103 Å². The maximum Gasteiger partial charge on any atom is 0.306 e. The Kier molecular flexibility index (Phi) is 45.7. The first kappa shape index (κ1) is 57.6. The van der Waals surface area contributed by atoms with Crippen LogP contribution in [-0.4, -0.2) is 46.9 Å². The van der Waals surface area contributed by atoms with Gasteiger partial charge >= 0.3 is 5.97 Å². The quantitative estimate of drug-likeness (QED) is 0.0246. The zero-order valence-electron chi connectivity index (χ0n) is 39.6. The van der Waals surface area contributed by atoms with Gasteiger partial charge in [0.1, 0.15) is 6.10 Å². The molecule has 0 aliphatic carbocycles. The van der Waals surface area contributed by atoms with Crippen molar-refractivity contribution in [1.29, 1.82) is 0 Å². The van der Waals surface area contributed by atoms with E-state index in [9.17, 15) is 19.8 Å². The lowest BCUT2D eigenvalue weighted by molar-refractivity contribution is -0.151. The second kappa shape index (κ2) is 47.6. The molecule has 0 aliphatic heterocycles. The molecule has 3 unspecified atom stereocenters. The van der Waals surface area contributed by atoms with Crippen LogP contribution in [0.2, 0.25) is 0 Å². The molecule has 0 fully saturated rings. The molecule has 0 bridgehead atoms. The fourth-order valence-corrected chi connectivity index (χ4v) is 7.49. The average Bonchev–Trinajstić information content (AvgIpc) is 3.24. The topological polar surface area (TPSA) is 95.9 Å². The second-order valence-electron chi connectivity index (χ2n) is 17.2. The highest BCUT2D eigenvalue weighted by molar-refractivity contribution is 5.77. The SMILES string of the molecule is CC/C=C/C/C=C/C/C=C/CCCCCCC(CC(=O)NC(CO)C(O)CCCCCCCCCCCCC)OC(=O)CCCCC/C=C/C=C/CCCCCCCCC. The van der Waals surface area contributed by atoms with Crippen LogP contribution in [0.4, 0.5) is 0 Å². The third kappa shape index (κ3) is 42.3. The highest BCUT2D eigenvalue weighted by Crippen LogP contribution is 2.17. The Morgan fingerprint density at radius 2 is 0.950 bits per heavy atom. The molecule has 0 aromatic heterocycles. The van der Waals surface area contributed by atoms with Gasteiger partial charge in [0.2, 0.25) is 5.91 Å². The molecule has 348 valence electrons. The molecule has 0 radical (unpaired) electrons. The predicted molar refractivity (Wildman–Crippen MR) is 259 cm³/mol. The van der Waals surface area contributed by atoms with E-state index in [2.05, 4.69) is 86.8 Å². The Morgan fingerprint density at radius 1 is 0.517 bits per heavy atom. The Morgan fingerprint density at radius 3 is 1.47 bits per heavy atom. The minimum Gasteiger partial charge on any atom is -0.462 e. The number of allylic oxidation sites excluding steroid dienone is 10. The summed E-state index contributed by atoms with van der Waals surface area (Å²) >= 11 is 0. The number of hydrogen-bond donors (Lipinski definition) is 3. The second-order valence-corrected chi connectivity index (χ2v) is 17.2. The van der Waals surface area contributed by atoms with E-state index in [1.54, 1.807) is 0 Å². The molecular formula is C54H97NO5. The molecule has 0 heterocycles. The Labute approximate surface area is 371 Å². The molecular weight excluding hydrogens is 743 g/mol. The maximum absolute atomic E-state index is 13.2. The van der Waals surface area contributed by atoms with Crippen molar-refractivity contribution in [2.45, 2.75) is 264 Å². The van der Waals surface area contributed by atoms with Gasteiger partial charge in [-0.25, -0.2) is 0 Å². The minimum absolute atomic E-state index is 0.0508. The van der Waals surface area contributed by atoms with Crippen LogP contribution in [0.5, 0.6) is 0 Å². The third-order valence-electron chi connectivity index (χ3n) is 11.4. The van der Waals surface area contributed by atoms with Gasteiger partial charge in [-0.2, -0.15) is 0 Å². The normalized spacial score (nSPS) is 13.8. The van der Waals surface area contributed by atoms with Crippen LogP contribution >= 0.6 is 0 Å². The van der Waals surface area contributed by atoms with Crippen molar-refractivity contribution in [3.8, 4) is 0 Å². The average molecular weight is 840 g/mol. The third-order valence-corrected chi connectivity index (χ3v) is 11.4. The molecule has 0 saturated carbocycles. The zero-order valence-corrected chi connectivity index (χ0v) is 39.6. The van der Waals surface area contributed by atoms with Gasteiger partial charge in [-0.05, 0) is 83.5 Å². The number of rotatable bonds is 45. The summed E-state index contributed by atoms with van der Waals surface area (Å²) in [7, 11) is 0. The Balaban J connectivity index is 4.67. The van der Waals surface area contributed by atoms with E-state index in [4.69, 9.17) is 4.74 Å². The van der Waals surface area contributed by atoms with Crippen molar-refractivity contribution in [2.75, 3.05) is 6.61 Å². The van der Waals surface area contributed by atoms with Crippen molar-refractivity contribution in [3.05, 3.63) is 60.8 Å². The van der Waals surface area contributed by atoms with Crippen LogP contribution in [0.25, 0.3) is 0 Å². The van der Waals surface area contributed by atoms with E-state index in [1.165, 1.54) is 96.3 Å². The number of hydrogen-bond acceptors (Lipinski definition) is 5. The number of aliphatic hydroxyl groups excluding tert-OH is 2. The fourth-order valence-electron chi connectivity index (χ4n) is 7.49. The first-order valence-electron chi connectivity index (χ1n) is 25.5. The number of aliphatic hydroxyl groups is 2. The summed E-state index contributed by atoms with van der Waals surface area (Å²) in [5.74, 6) is -0.527. The molecule has 0 saturated heterocycles. The molecule has 0 aromatic carbocycles. The summed E-state index contributed by atoms with van der Waals surface area (Å²) in [4.78, 5) is 26.1. The molecule has 0 aliphatic rings. The molecule has 60 heavy (non-hydrogen) atoms. The van der Waals surface area contributed by atoms with Crippen molar-refractivity contribution in [1.82, 2.24) is 5.32 Å². The van der Waals surface area contributed by atoms with Gasteiger partial charge in [0, 0.05) is 6.42 Å². The van der Waals surface area contributed by atoms with Crippen LogP contribution in [0, 0.1) is 0 Å². The molecule has 0 rings (SSSR count). The van der Waals surface area contributed by atoms with Gasteiger partial charge in [0.25, 0.3) is 0 Å². The largest absolute Gasteiger partial charge is 0.462 e. The van der Waals surface area contributed by atoms with Crippen LogP contribution < -0.4 is 5.32 Å². The summed E-state index contributed by atoms with van der Waals surface area (Å²) < 4.78 is 5.91. The lowest BCUT2D eigenvalue weighted by Gasteiger charge is -2.24.